The van der Waals surface area contributed by atoms with E-state index in [4.69, 9.17) is 0 Å². The van der Waals surface area contributed by atoms with Crippen LogP contribution in [-0.4, -0.2) is 0 Å². The molecule has 0 atom stereocenters. The highest BCUT2D eigenvalue weighted by Gasteiger charge is 2.28. The van der Waals surface area contributed by atoms with E-state index in [-0.39, 0.29) is 37.9 Å². The van der Waals surface area contributed by atoms with Crippen molar-refractivity contribution in [3.63, 3.8) is 0 Å². The molecule has 0 aliphatic rings. The second-order valence-electron chi connectivity index (χ2n) is 32.7. The van der Waals surface area contributed by atoms with Gasteiger partial charge in [0, 0.05) is 0 Å². The van der Waals surface area contributed by atoms with E-state index in [1.54, 1.807) is 0 Å². The number of benzene rings is 10. The van der Waals surface area contributed by atoms with Crippen molar-refractivity contribution in [2.45, 2.75) is 251 Å². The summed E-state index contributed by atoms with van der Waals surface area (Å²) >= 11 is 0. The van der Waals surface area contributed by atoms with Gasteiger partial charge in [0.15, 0.2) is 0 Å². The highest BCUT2D eigenvalue weighted by Crippen LogP contribution is 2.42. The van der Waals surface area contributed by atoms with E-state index < -0.39 is 0 Å². The van der Waals surface area contributed by atoms with Gasteiger partial charge in [-0.3, -0.25) is 0 Å². The molecule has 0 bridgehead atoms. The predicted molar refractivity (Wildman–Crippen MR) is 398 cm³/mol. The summed E-state index contributed by atoms with van der Waals surface area (Å²) in [5, 5.41) is 14.0. The molecule has 0 N–H and O–H groups in total. The van der Waals surface area contributed by atoms with Gasteiger partial charge in [-0.1, -0.05) is 317 Å². The average molecular weight is 1170 g/mol. The maximum atomic E-state index is 2.46. The fraction of sp³-hybridized carbons (Fsp3) is 0.432. The van der Waals surface area contributed by atoms with E-state index in [2.05, 4.69) is 359 Å². The van der Waals surface area contributed by atoms with Crippen LogP contribution in [0.1, 0.15) is 249 Å². The third-order valence-electron chi connectivity index (χ3n) is 18.8. The van der Waals surface area contributed by atoms with Gasteiger partial charge >= 0.3 is 0 Å². The zero-order valence-electron chi connectivity index (χ0n) is 60.8. The van der Waals surface area contributed by atoms with Crippen LogP contribution in [0.4, 0.5) is 0 Å². The van der Waals surface area contributed by atoms with Crippen molar-refractivity contribution in [3.05, 3.63) is 236 Å². The van der Waals surface area contributed by atoms with E-state index in [1.807, 2.05) is 0 Å². The van der Waals surface area contributed by atoms with Gasteiger partial charge in [-0.25, -0.2) is 0 Å². The van der Waals surface area contributed by atoms with Crippen LogP contribution in [0, 0.1) is 41.5 Å². The molecule has 0 amide bonds. The van der Waals surface area contributed by atoms with Gasteiger partial charge in [0.25, 0.3) is 0 Å². The maximum Gasteiger partial charge on any atom is -0.00999 e. The zero-order valence-corrected chi connectivity index (χ0v) is 60.8. The molecule has 10 rings (SSSR count). The van der Waals surface area contributed by atoms with Gasteiger partial charge in [-0.15, -0.1) is 0 Å². The van der Waals surface area contributed by atoms with Crippen molar-refractivity contribution in [1.82, 2.24) is 0 Å². The first-order valence-electron chi connectivity index (χ1n) is 33.1. The lowest BCUT2D eigenvalue weighted by Crippen LogP contribution is -2.20. The van der Waals surface area contributed by atoms with E-state index >= 15 is 0 Å². The van der Waals surface area contributed by atoms with Gasteiger partial charge in [0.1, 0.15) is 0 Å². The van der Waals surface area contributed by atoms with Gasteiger partial charge < -0.3 is 0 Å². The van der Waals surface area contributed by atoms with Crippen LogP contribution in [-0.2, 0) is 37.9 Å². The minimum atomic E-state index is 0.174. The molecule has 0 nitrogen and oxygen atoms in total. The van der Waals surface area contributed by atoms with Crippen LogP contribution >= 0.6 is 0 Å². The molecule has 10 aromatic carbocycles. The minimum Gasteiger partial charge on any atom is -0.0646 e. The molecule has 0 unspecified atom stereocenters. The Labute approximate surface area is 537 Å². The molecule has 468 valence electrons. The maximum absolute atomic E-state index is 2.46. The summed E-state index contributed by atoms with van der Waals surface area (Å²) in [5.74, 6) is 0.566. The van der Waals surface area contributed by atoms with Crippen molar-refractivity contribution in [3.8, 4) is 0 Å². The van der Waals surface area contributed by atoms with E-state index in [9.17, 15) is 0 Å². The second kappa shape index (κ2) is 26.9. The van der Waals surface area contributed by atoms with Crippen LogP contribution in [0.3, 0.4) is 0 Å². The predicted octanol–water partition coefficient (Wildman–Crippen LogP) is 26.6. The largest absolute Gasteiger partial charge is 0.0646 e. The molecule has 88 heavy (non-hydrogen) atoms. The van der Waals surface area contributed by atoms with Gasteiger partial charge in [0.2, 0.25) is 0 Å². The van der Waals surface area contributed by atoms with Gasteiger partial charge in [-0.2, -0.15) is 0 Å². The first kappa shape index (κ1) is 70.6. The monoisotopic (exact) mass is 1170 g/mol. The van der Waals surface area contributed by atoms with E-state index in [0.717, 1.165) is 6.42 Å². The summed E-state index contributed by atoms with van der Waals surface area (Å²) in [6, 6.07) is 57.9. The Bertz CT molecular complexity index is 4050. The summed E-state index contributed by atoms with van der Waals surface area (Å²) in [4.78, 5) is 0. The molecule has 0 aliphatic carbocycles. The lowest BCUT2D eigenvalue weighted by atomic mass is 9.74. The molecule has 0 heteroatoms. The molecule has 0 saturated carbocycles. The third kappa shape index (κ3) is 16.1. The molecule has 0 aromatic heterocycles. The summed E-state index contributed by atoms with van der Waals surface area (Å²) in [5.41, 5.74) is 21.7. The first-order chi connectivity index (χ1) is 40.5. The fourth-order valence-corrected chi connectivity index (χ4v) is 13.5. The van der Waals surface area contributed by atoms with Crippen LogP contribution in [0.25, 0.3) is 53.9 Å². The quantitative estimate of drug-likeness (QED) is 0.165. The van der Waals surface area contributed by atoms with Crippen LogP contribution < -0.4 is 0 Å². The van der Waals surface area contributed by atoms with Crippen molar-refractivity contribution in [2.75, 3.05) is 0 Å². The summed E-state index contributed by atoms with van der Waals surface area (Å²) in [6.45, 7) is 66.3. The van der Waals surface area contributed by atoms with Gasteiger partial charge in [-0.05, 0) is 224 Å². The third-order valence-corrected chi connectivity index (χ3v) is 18.8. The molecule has 0 radical (unpaired) electrons. The lowest BCUT2D eigenvalue weighted by molar-refractivity contribution is 0.506. The molecule has 10 aromatic rings. The molecular formula is C88H116. The number of rotatable bonds is 3. The Hall–Kier alpha value is -6.50. The zero-order chi connectivity index (χ0) is 66.0. The van der Waals surface area contributed by atoms with Crippen molar-refractivity contribution in [2.24, 2.45) is 0 Å². The Morgan fingerprint density at radius 2 is 0.545 bits per heavy atom. The molecule has 0 heterocycles. The Balaban J connectivity index is 0.000000176. The molecular weight excluding hydrogens is 1060 g/mol. The molecule has 0 aliphatic heterocycles. The van der Waals surface area contributed by atoms with Crippen molar-refractivity contribution < 1.29 is 0 Å². The average Bonchev–Trinajstić information content (AvgIpc) is 1.06. The minimum absolute atomic E-state index is 0.174. The number of fused-ring (bicyclic) bond motifs is 5. The standard InChI is InChI=1S/C20H28.C19H26.C18H24.C16H20.C15H18/c1-8-20(6,7)18-13-17(19(3,4)5)14(2)15-11-9-10-12-16(15)18;1-13-14-10-8-9-11-15(14)17(19(5,6)7)12-16(13)18(2,3)4;1-12(2)16-11-17(18(4,5)6)13(3)14-9-7-8-10-15(14)16;1-11-10-15(16(3,4)5)12(2)14-9-7-6-8-13(11)14;1-11-13-8-6-5-7-12(13)9-10-14(11)15(2,3)4/h9-13H,8H2,1-7H3;8-12H,1-7H3;7-12H,1-6H3;6-10H,1-5H3;5-10H,1-4H3. The van der Waals surface area contributed by atoms with Crippen LogP contribution in [0.15, 0.2) is 158 Å². The Kier molecular flexibility index (Phi) is 21.6. The topological polar surface area (TPSA) is 0 Å². The van der Waals surface area contributed by atoms with Crippen LogP contribution in [0.5, 0.6) is 0 Å². The van der Waals surface area contributed by atoms with Crippen molar-refractivity contribution >= 4 is 53.9 Å². The number of aryl methyl sites for hydroxylation is 6. The molecule has 0 spiro atoms. The highest BCUT2D eigenvalue weighted by molar-refractivity contribution is 5.93. The SMILES string of the molecule is CCC(C)(C)c1cc(C(C)(C)C)c(C)c2ccccc12.Cc1c(C(C)(C)C)cc(C(C)(C)C)c2ccccc12.Cc1c(C(C)(C)C)cc(C(C)C)c2ccccc12.Cc1c(C(C)(C)C)ccc2ccccc12.Cc1cc(C(C)(C)C)c(C)c2ccccc12. The van der Waals surface area contributed by atoms with Gasteiger partial charge in [0.05, 0.1) is 0 Å². The van der Waals surface area contributed by atoms with Crippen LogP contribution in [0.2, 0.25) is 0 Å². The summed E-state index contributed by atoms with van der Waals surface area (Å²) in [6.07, 6.45) is 1.16. The Morgan fingerprint density at radius 1 is 0.261 bits per heavy atom. The lowest BCUT2D eigenvalue weighted by Gasteiger charge is -2.30. The molecule has 0 saturated heterocycles. The van der Waals surface area contributed by atoms with Crippen molar-refractivity contribution in [1.29, 1.82) is 0 Å². The smallest absolute Gasteiger partial charge is 0.00999 e. The van der Waals surface area contributed by atoms with E-state index in [1.165, 1.54) is 132 Å². The number of hydrogen-bond acceptors (Lipinski definition) is 0. The highest BCUT2D eigenvalue weighted by atomic mass is 14.3. The fourth-order valence-electron chi connectivity index (χ4n) is 13.5. The molecule has 0 fully saturated rings. The first-order valence-corrected chi connectivity index (χ1v) is 33.1. The number of hydrogen-bond donors (Lipinski definition) is 0. The Morgan fingerprint density at radius 3 is 0.932 bits per heavy atom. The summed E-state index contributed by atoms with van der Waals surface area (Å²) < 4.78 is 0. The second-order valence-corrected chi connectivity index (χ2v) is 32.7. The summed E-state index contributed by atoms with van der Waals surface area (Å²) in [7, 11) is 0. The normalized spacial score (nSPS) is 12.5. The van der Waals surface area contributed by atoms with E-state index in [0.29, 0.717) is 5.92 Å².